The van der Waals surface area contributed by atoms with Gasteiger partial charge in [0.1, 0.15) is 6.04 Å². The molecular weight excluding hydrogens is 276 g/mol. The number of carboxylic acids is 1. The number of hydrogen-bond acceptors (Lipinski definition) is 4. The molecule has 0 saturated carbocycles. The molecule has 2 heterocycles. The Kier molecular flexibility index (Phi) is 3.40. The van der Waals surface area contributed by atoms with Crippen LogP contribution in [0, 0.1) is 0 Å². The van der Waals surface area contributed by atoms with E-state index in [2.05, 4.69) is 4.98 Å². The summed E-state index contributed by atoms with van der Waals surface area (Å²) in [7, 11) is 0. The van der Waals surface area contributed by atoms with Gasteiger partial charge < -0.3 is 10.0 Å². The largest absolute Gasteiger partial charge is 0.480 e. The fourth-order valence-corrected chi connectivity index (χ4v) is 3.30. The smallest absolute Gasteiger partial charge is 0.326 e. The summed E-state index contributed by atoms with van der Waals surface area (Å²) in [5.41, 5.74) is 3.13. The minimum Gasteiger partial charge on any atom is -0.480 e. The lowest BCUT2D eigenvalue weighted by atomic mass is 10.0. The van der Waals surface area contributed by atoms with Crippen molar-refractivity contribution >= 4 is 33.4 Å². The normalized spacial score (nSPS) is 19.2. The fraction of sp³-hybridized carbons (Fsp3) is 0.357. The second-order valence-electron chi connectivity index (χ2n) is 4.88. The first-order valence-electron chi connectivity index (χ1n) is 6.54. The number of amides is 1. The minimum absolute atomic E-state index is 0.201. The van der Waals surface area contributed by atoms with Crippen molar-refractivity contribution in [3.05, 3.63) is 29.3 Å². The van der Waals surface area contributed by atoms with Crippen molar-refractivity contribution in [3.8, 4) is 0 Å². The molecule has 1 amide bonds. The van der Waals surface area contributed by atoms with Crippen LogP contribution in [0.5, 0.6) is 0 Å². The summed E-state index contributed by atoms with van der Waals surface area (Å²) in [6.07, 6.45) is 2.25. The molecule has 5 nitrogen and oxygen atoms in total. The number of likely N-dealkylation sites (tertiary alicyclic amines) is 1. The quantitative estimate of drug-likeness (QED) is 0.921. The van der Waals surface area contributed by atoms with Gasteiger partial charge in [0.2, 0.25) is 0 Å². The van der Waals surface area contributed by atoms with Crippen LogP contribution in [-0.4, -0.2) is 39.5 Å². The molecule has 2 aromatic rings. The maximum absolute atomic E-state index is 12.5. The fourth-order valence-electron chi connectivity index (χ4n) is 2.59. The molecule has 0 spiro atoms. The van der Waals surface area contributed by atoms with Gasteiger partial charge in [-0.05, 0) is 37.5 Å². The topological polar surface area (TPSA) is 70.5 Å². The Morgan fingerprint density at radius 2 is 2.20 bits per heavy atom. The number of benzene rings is 1. The highest BCUT2D eigenvalue weighted by molar-refractivity contribution is 7.16. The number of fused-ring (bicyclic) bond motifs is 1. The number of aromatic nitrogens is 1. The van der Waals surface area contributed by atoms with Crippen molar-refractivity contribution < 1.29 is 14.7 Å². The molecular formula is C14H14N2O3S. The SMILES string of the molecule is O=C(O)[C@@H]1CCCCN1C(=O)c1ccc2ncsc2c1. The second kappa shape index (κ2) is 5.20. The third kappa shape index (κ3) is 2.27. The number of aliphatic carboxylic acids is 1. The van der Waals surface area contributed by atoms with Crippen molar-refractivity contribution in [3.63, 3.8) is 0 Å². The molecule has 1 atom stereocenters. The average Bonchev–Trinajstić information content (AvgIpc) is 2.93. The monoisotopic (exact) mass is 290 g/mol. The summed E-state index contributed by atoms with van der Waals surface area (Å²) < 4.78 is 0.944. The van der Waals surface area contributed by atoms with E-state index in [0.29, 0.717) is 18.5 Å². The van der Waals surface area contributed by atoms with E-state index in [0.717, 1.165) is 23.1 Å². The van der Waals surface area contributed by atoms with Gasteiger partial charge >= 0.3 is 5.97 Å². The summed E-state index contributed by atoms with van der Waals surface area (Å²) in [6.45, 7) is 0.510. The highest BCUT2D eigenvalue weighted by Gasteiger charge is 2.32. The lowest BCUT2D eigenvalue weighted by Crippen LogP contribution is -2.47. The summed E-state index contributed by atoms with van der Waals surface area (Å²) in [5.74, 6) is -1.12. The van der Waals surface area contributed by atoms with Gasteiger partial charge in [0, 0.05) is 12.1 Å². The van der Waals surface area contributed by atoms with Crippen LogP contribution in [0.15, 0.2) is 23.7 Å². The van der Waals surface area contributed by atoms with Gasteiger partial charge in [-0.15, -0.1) is 11.3 Å². The van der Waals surface area contributed by atoms with E-state index >= 15 is 0 Å². The Balaban J connectivity index is 1.91. The van der Waals surface area contributed by atoms with Crippen molar-refractivity contribution in [1.29, 1.82) is 0 Å². The molecule has 0 bridgehead atoms. The van der Waals surface area contributed by atoms with Crippen LogP contribution in [0.1, 0.15) is 29.6 Å². The number of nitrogens with zero attached hydrogens (tertiary/aromatic N) is 2. The van der Waals surface area contributed by atoms with E-state index in [-0.39, 0.29) is 5.91 Å². The summed E-state index contributed by atoms with van der Waals surface area (Å²) >= 11 is 1.47. The number of carboxylic acid groups (broad SMARTS) is 1. The molecule has 0 radical (unpaired) electrons. The molecule has 1 N–H and O–H groups in total. The van der Waals surface area contributed by atoms with Crippen LogP contribution in [-0.2, 0) is 4.79 Å². The molecule has 1 aromatic heterocycles. The first-order chi connectivity index (χ1) is 9.66. The lowest BCUT2D eigenvalue weighted by Gasteiger charge is -2.33. The maximum atomic E-state index is 12.5. The van der Waals surface area contributed by atoms with Crippen LogP contribution in [0.4, 0.5) is 0 Å². The van der Waals surface area contributed by atoms with Gasteiger partial charge in [-0.25, -0.2) is 9.78 Å². The molecule has 0 unspecified atom stereocenters. The number of carbonyl (C=O) groups excluding carboxylic acids is 1. The Morgan fingerprint density at radius 1 is 1.35 bits per heavy atom. The number of carbonyl (C=O) groups is 2. The van der Waals surface area contributed by atoms with Gasteiger partial charge in [0.25, 0.3) is 5.91 Å². The summed E-state index contributed by atoms with van der Waals surface area (Å²) in [6, 6.07) is 4.62. The minimum atomic E-state index is -0.920. The predicted octanol–water partition coefficient (Wildman–Crippen LogP) is 2.38. The Hall–Kier alpha value is -1.95. The second-order valence-corrected chi connectivity index (χ2v) is 5.77. The third-order valence-corrected chi connectivity index (χ3v) is 4.42. The zero-order chi connectivity index (χ0) is 14.1. The first-order valence-corrected chi connectivity index (χ1v) is 7.42. The number of thiazole rings is 1. The molecule has 0 aliphatic carbocycles. The highest BCUT2D eigenvalue weighted by Crippen LogP contribution is 2.23. The Bertz CT molecular complexity index is 667. The van der Waals surface area contributed by atoms with Crippen molar-refractivity contribution in [2.45, 2.75) is 25.3 Å². The number of piperidine rings is 1. The molecule has 1 saturated heterocycles. The van der Waals surface area contributed by atoms with E-state index in [4.69, 9.17) is 0 Å². The molecule has 3 rings (SSSR count). The van der Waals surface area contributed by atoms with E-state index in [1.807, 2.05) is 0 Å². The highest BCUT2D eigenvalue weighted by atomic mass is 32.1. The van der Waals surface area contributed by atoms with Gasteiger partial charge in [-0.2, -0.15) is 0 Å². The zero-order valence-electron chi connectivity index (χ0n) is 10.8. The molecule has 1 aromatic carbocycles. The summed E-state index contributed by atoms with van der Waals surface area (Å²) in [4.78, 5) is 29.5. The molecule has 6 heteroatoms. The first kappa shape index (κ1) is 13.1. The maximum Gasteiger partial charge on any atom is 0.326 e. The predicted molar refractivity (Wildman–Crippen MR) is 75.9 cm³/mol. The molecule has 104 valence electrons. The van der Waals surface area contributed by atoms with Crippen LogP contribution >= 0.6 is 11.3 Å². The standard InChI is InChI=1S/C14H14N2O3S/c17-13(16-6-2-1-3-11(16)14(18)19)9-4-5-10-12(7-9)20-8-15-10/h4-5,7-8,11H,1-3,6H2,(H,18,19)/t11-/m0/s1. The van der Waals surface area contributed by atoms with Gasteiger partial charge in [-0.3, -0.25) is 4.79 Å². The van der Waals surface area contributed by atoms with Crippen LogP contribution in [0.3, 0.4) is 0 Å². The van der Waals surface area contributed by atoms with E-state index in [1.54, 1.807) is 23.7 Å². The Morgan fingerprint density at radius 3 is 3.00 bits per heavy atom. The van der Waals surface area contributed by atoms with E-state index in [1.165, 1.54) is 16.2 Å². The van der Waals surface area contributed by atoms with E-state index in [9.17, 15) is 14.7 Å². The van der Waals surface area contributed by atoms with Crippen LogP contribution in [0.25, 0.3) is 10.2 Å². The van der Waals surface area contributed by atoms with Crippen molar-refractivity contribution in [1.82, 2.24) is 9.88 Å². The number of rotatable bonds is 2. The molecule has 1 fully saturated rings. The average molecular weight is 290 g/mol. The molecule has 1 aliphatic heterocycles. The van der Waals surface area contributed by atoms with Crippen LogP contribution < -0.4 is 0 Å². The lowest BCUT2D eigenvalue weighted by molar-refractivity contribution is -0.143. The zero-order valence-corrected chi connectivity index (χ0v) is 11.6. The van der Waals surface area contributed by atoms with Crippen molar-refractivity contribution in [2.75, 3.05) is 6.54 Å². The van der Waals surface area contributed by atoms with Gasteiger partial charge in [0.15, 0.2) is 0 Å². The molecule has 20 heavy (non-hydrogen) atoms. The van der Waals surface area contributed by atoms with Crippen LogP contribution in [0.2, 0.25) is 0 Å². The third-order valence-electron chi connectivity index (χ3n) is 3.63. The molecule has 1 aliphatic rings. The van der Waals surface area contributed by atoms with Gasteiger partial charge in [-0.1, -0.05) is 0 Å². The number of hydrogen-bond donors (Lipinski definition) is 1. The van der Waals surface area contributed by atoms with Crippen molar-refractivity contribution in [2.24, 2.45) is 0 Å². The van der Waals surface area contributed by atoms with E-state index < -0.39 is 12.0 Å². The van der Waals surface area contributed by atoms with Gasteiger partial charge in [0.05, 0.1) is 15.7 Å². The Labute approximate surface area is 119 Å². The summed E-state index contributed by atoms with van der Waals surface area (Å²) in [5, 5.41) is 9.24.